The van der Waals surface area contributed by atoms with Gasteiger partial charge in [-0.3, -0.25) is 10.1 Å². The molecule has 0 saturated heterocycles. The Bertz CT molecular complexity index is 675. The number of nitro groups is 1. The van der Waals surface area contributed by atoms with E-state index in [1.54, 1.807) is 6.07 Å². The summed E-state index contributed by atoms with van der Waals surface area (Å²) in [6, 6.07) is 14.8. The summed E-state index contributed by atoms with van der Waals surface area (Å²) in [7, 11) is 0. The standard InChI is InChI=1S/C16H16N2O5/c19-15(13-7-4-8-14(9-13)18(21)22)10-17-16(20)23-11-12-5-2-1-3-6-12/h1-9,15,19H,10-11H2,(H,17,20)/t15-/m1/s1. The Kier molecular flexibility index (Phi) is 5.65. The van der Waals surface area contributed by atoms with Crippen molar-refractivity contribution in [2.24, 2.45) is 0 Å². The van der Waals surface area contributed by atoms with Crippen LogP contribution in [0.1, 0.15) is 17.2 Å². The zero-order valence-corrected chi connectivity index (χ0v) is 12.2. The van der Waals surface area contributed by atoms with Gasteiger partial charge in [-0.15, -0.1) is 0 Å². The molecular weight excluding hydrogens is 300 g/mol. The van der Waals surface area contributed by atoms with Crippen molar-refractivity contribution in [2.45, 2.75) is 12.7 Å². The van der Waals surface area contributed by atoms with Gasteiger partial charge in [0.2, 0.25) is 0 Å². The highest BCUT2D eigenvalue weighted by atomic mass is 16.6. The van der Waals surface area contributed by atoms with Gasteiger partial charge in [-0.2, -0.15) is 0 Å². The van der Waals surface area contributed by atoms with Gasteiger partial charge >= 0.3 is 6.09 Å². The molecule has 2 rings (SSSR count). The Hall–Kier alpha value is -2.93. The van der Waals surface area contributed by atoms with E-state index in [4.69, 9.17) is 4.74 Å². The molecule has 0 aromatic heterocycles. The van der Waals surface area contributed by atoms with Crippen LogP contribution >= 0.6 is 0 Å². The van der Waals surface area contributed by atoms with Crippen LogP contribution in [0.2, 0.25) is 0 Å². The molecule has 0 radical (unpaired) electrons. The molecule has 0 aliphatic carbocycles. The molecule has 1 amide bonds. The number of carbonyl (C=O) groups excluding carboxylic acids is 1. The second kappa shape index (κ2) is 7.90. The fourth-order valence-electron chi connectivity index (χ4n) is 1.92. The maximum atomic E-state index is 11.6. The van der Waals surface area contributed by atoms with E-state index in [9.17, 15) is 20.0 Å². The number of nitrogens with one attached hydrogen (secondary N) is 1. The van der Waals surface area contributed by atoms with Gasteiger partial charge in [0, 0.05) is 12.1 Å². The van der Waals surface area contributed by atoms with Crippen molar-refractivity contribution in [2.75, 3.05) is 6.54 Å². The normalized spacial score (nSPS) is 11.5. The number of ether oxygens (including phenoxy) is 1. The maximum Gasteiger partial charge on any atom is 0.407 e. The van der Waals surface area contributed by atoms with Crippen LogP contribution in [0.15, 0.2) is 54.6 Å². The van der Waals surface area contributed by atoms with Crippen molar-refractivity contribution in [1.82, 2.24) is 5.32 Å². The van der Waals surface area contributed by atoms with Crippen molar-refractivity contribution in [1.29, 1.82) is 0 Å². The zero-order valence-electron chi connectivity index (χ0n) is 12.2. The Morgan fingerprint density at radius 1 is 1.22 bits per heavy atom. The first-order valence-corrected chi connectivity index (χ1v) is 6.93. The second-order valence-corrected chi connectivity index (χ2v) is 4.81. The number of hydrogen-bond acceptors (Lipinski definition) is 5. The highest BCUT2D eigenvalue weighted by Gasteiger charge is 2.13. The molecule has 0 fully saturated rings. The minimum absolute atomic E-state index is 0.102. The molecule has 7 nitrogen and oxygen atoms in total. The van der Waals surface area contributed by atoms with Gasteiger partial charge in [-0.05, 0) is 11.1 Å². The summed E-state index contributed by atoms with van der Waals surface area (Å²) in [5, 5.41) is 23.1. The van der Waals surface area contributed by atoms with Gasteiger partial charge in [0.1, 0.15) is 6.61 Å². The van der Waals surface area contributed by atoms with Crippen LogP contribution in [0.4, 0.5) is 10.5 Å². The largest absolute Gasteiger partial charge is 0.445 e. The first-order chi connectivity index (χ1) is 11.1. The number of benzene rings is 2. The smallest absolute Gasteiger partial charge is 0.407 e. The van der Waals surface area contributed by atoms with Crippen molar-refractivity contribution in [3.8, 4) is 0 Å². The molecule has 120 valence electrons. The maximum absolute atomic E-state index is 11.6. The summed E-state index contributed by atoms with van der Waals surface area (Å²) in [4.78, 5) is 21.7. The summed E-state index contributed by atoms with van der Waals surface area (Å²) >= 11 is 0. The third-order valence-electron chi connectivity index (χ3n) is 3.12. The van der Waals surface area contributed by atoms with Gasteiger partial charge in [-0.25, -0.2) is 4.79 Å². The molecule has 1 atom stereocenters. The van der Waals surface area contributed by atoms with Crippen molar-refractivity contribution < 1.29 is 19.6 Å². The summed E-state index contributed by atoms with van der Waals surface area (Å²) in [5.74, 6) is 0. The van der Waals surface area contributed by atoms with Crippen LogP contribution in [0, 0.1) is 10.1 Å². The van der Waals surface area contributed by atoms with E-state index in [2.05, 4.69) is 5.32 Å². The molecular formula is C16H16N2O5. The minimum Gasteiger partial charge on any atom is -0.445 e. The lowest BCUT2D eigenvalue weighted by Gasteiger charge is -2.12. The third-order valence-corrected chi connectivity index (χ3v) is 3.12. The molecule has 0 unspecified atom stereocenters. The van der Waals surface area contributed by atoms with Gasteiger partial charge in [-0.1, -0.05) is 42.5 Å². The molecule has 2 aromatic carbocycles. The van der Waals surface area contributed by atoms with Crippen molar-refractivity contribution in [3.05, 3.63) is 75.8 Å². The Balaban J connectivity index is 1.81. The number of hydrogen-bond donors (Lipinski definition) is 2. The van der Waals surface area contributed by atoms with Crippen LogP contribution in [-0.2, 0) is 11.3 Å². The summed E-state index contributed by atoms with van der Waals surface area (Å²) in [5.41, 5.74) is 1.08. The molecule has 23 heavy (non-hydrogen) atoms. The second-order valence-electron chi connectivity index (χ2n) is 4.81. The van der Waals surface area contributed by atoms with Crippen LogP contribution in [-0.4, -0.2) is 22.7 Å². The fourth-order valence-corrected chi connectivity index (χ4v) is 1.92. The first-order valence-electron chi connectivity index (χ1n) is 6.93. The lowest BCUT2D eigenvalue weighted by molar-refractivity contribution is -0.385. The van der Waals surface area contributed by atoms with E-state index in [-0.39, 0.29) is 18.8 Å². The van der Waals surface area contributed by atoms with E-state index in [0.717, 1.165) is 5.56 Å². The molecule has 0 spiro atoms. The molecule has 2 N–H and O–H groups in total. The lowest BCUT2D eigenvalue weighted by Crippen LogP contribution is -2.28. The fraction of sp³-hybridized carbons (Fsp3) is 0.188. The van der Waals surface area contributed by atoms with E-state index in [0.29, 0.717) is 5.56 Å². The molecule has 0 heterocycles. The Morgan fingerprint density at radius 2 is 1.96 bits per heavy atom. The topological polar surface area (TPSA) is 102 Å². The van der Waals surface area contributed by atoms with Crippen LogP contribution in [0.25, 0.3) is 0 Å². The molecule has 2 aromatic rings. The quantitative estimate of drug-likeness (QED) is 0.630. The molecule has 0 bridgehead atoms. The van der Waals surface area contributed by atoms with E-state index in [1.807, 2.05) is 30.3 Å². The van der Waals surface area contributed by atoms with E-state index in [1.165, 1.54) is 18.2 Å². The van der Waals surface area contributed by atoms with Crippen LogP contribution in [0.5, 0.6) is 0 Å². The molecule has 0 saturated carbocycles. The zero-order chi connectivity index (χ0) is 16.7. The highest BCUT2D eigenvalue weighted by Crippen LogP contribution is 2.18. The molecule has 0 aliphatic heterocycles. The van der Waals surface area contributed by atoms with Crippen molar-refractivity contribution in [3.63, 3.8) is 0 Å². The first kappa shape index (κ1) is 16.4. The predicted octanol–water partition coefficient (Wildman–Crippen LogP) is 2.55. The summed E-state index contributed by atoms with van der Waals surface area (Å²) < 4.78 is 5.01. The van der Waals surface area contributed by atoms with E-state index < -0.39 is 17.1 Å². The number of non-ortho nitro benzene ring substituents is 1. The Morgan fingerprint density at radius 3 is 2.65 bits per heavy atom. The molecule has 7 heteroatoms. The van der Waals surface area contributed by atoms with Crippen LogP contribution < -0.4 is 5.32 Å². The number of rotatable bonds is 6. The van der Waals surface area contributed by atoms with Gasteiger partial charge < -0.3 is 15.2 Å². The lowest BCUT2D eigenvalue weighted by atomic mass is 10.1. The van der Waals surface area contributed by atoms with Gasteiger partial charge in [0.15, 0.2) is 0 Å². The number of amides is 1. The van der Waals surface area contributed by atoms with Crippen molar-refractivity contribution >= 4 is 11.8 Å². The SMILES string of the molecule is O=C(NC[C@@H](O)c1cccc([N+](=O)[O-])c1)OCc1ccccc1. The van der Waals surface area contributed by atoms with Gasteiger partial charge in [0.25, 0.3) is 5.69 Å². The summed E-state index contributed by atoms with van der Waals surface area (Å²) in [6.07, 6.45) is -1.72. The minimum atomic E-state index is -1.06. The number of nitro benzene ring substituents is 1. The number of nitrogens with zero attached hydrogens (tertiary/aromatic N) is 1. The van der Waals surface area contributed by atoms with Gasteiger partial charge in [0.05, 0.1) is 17.6 Å². The monoisotopic (exact) mass is 316 g/mol. The number of aliphatic hydroxyl groups excluding tert-OH is 1. The van der Waals surface area contributed by atoms with Crippen LogP contribution in [0.3, 0.4) is 0 Å². The molecule has 0 aliphatic rings. The third kappa shape index (κ3) is 5.08. The summed E-state index contributed by atoms with van der Waals surface area (Å²) in [6.45, 7) is 0.0222. The Labute approximate surface area is 132 Å². The number of carbonyl (C=O) groups is 1. The predicted molar refractivity (Wildman–Crippen MR) is 82.7 cm³/mol. The van der Waals surface area contributed by atoms with E-state index >= 15 is 0 Å². The average Bonchev–Trinajstić information content (AvgIpc) is 2.58. The average molecular weight is 316 g/mol. The number of aliphatic hydroxyl groups is 1. The number of alkyl carbamates (subject to hydrolysis) is 1. The highest BCUT2D eigenvalue weighted by molar-refractivity contribution is 5.67.